The number of hydrogen-bond acceptors (Lipinski definition) is 1. The van der Waals surface area contributed by atoms with Gasteiger partial charge in [0.05, 0.1) is 5.69 Å². The summed E-state index contributed by atoms with van der Waals surface area (Å²) in [6.45, 7) is 15.3. The Morgan fingerprint density at radius 3 is 2.11 bits per heavy atom. The van der Waals surface area contributed by atoms with E-state index in [1.807, 2.05) is 47.6 Å². The average Bonchev–Trinajstić information content (AvgIpc) is 2.43. The van der Waals surface area contributed by atoms with Crippen LogP contribution < -0.4 is 5.73 Å². The van der Waals surface area contributed by atoms with Crippen molar-refractivity contribution in [3.8, 4) is 0 Å². The summed E-state index contributed by atoms with van der Waals surface area (Å²) in [7, 11) is 0. The zero-order valence-electron chi connectivity index (χ0n) is 12.5. The fourth-order valence-corrected chi connectivity index (χ4v) is 1.41. The Hall–Kier alpha value is -1.57. The highest BCUT2D eigenvalue weighted by molar-refractivity contribution is 5.77. The van der Waals surface area contributed by atoms with Crippen molar-refractivity contribution in [3.63, 3.8) is 0 Å². The fourth-order valence-electron chi connectivity index (χ4n) is 1.41. The van der Waals surface area contributed by atoms with Crippen molar-refractivity contribution in [1.82, 2.24) is 0 Å². The lowest BCUT2D eigenvalue weighted by Crippen LogP contribution is -1.98. The summed E-state index contributed by atoms with van der Waals surface area (Å²) in [4.78, 5) is 0. The lowest BCUT2D eigenvalue weighted by Gasteiger charge is -2.09. The minimum Gasteiger partial charge on any atom is -0.396 e. The van der Waals surface area contributed by atoms with Crippen LogP contribution in [0, 0.1) is 12.7 Å². The van der Waals surface area contributed by atoms with Crippen LogP contribution in [-0.4, -0.2) is 0 Å². The van der Waals surface area contributed by atoms with Gasteiger partial charge in [-0.3, -0.25) is 0 Å². The van der Waals surface area contributed by atoms with Crippen molar-refractivity contribution in [2.24, 2.45) is 0 Å². The molecule has 0 bridgehead atoms. The van der Waals surface area contributed by atoms with Crippen LogP contribution in [0.3, 0.4) is 0 Å². The number of hydrogen-bond donors (Lipinski definition) is 1. The molecular formula is C16H26FN. The summed E-state index contributed by atoms with van der Waals surface area (Å²) >= 11 is 0. The second kappa shape index (κ2) is 10.6. The van der Waals surface area contributed by atoms with Gasteiger partial charge in [0.15, 0.2) is 5.82 Å². The molecule has 102 valence electrons. The van der Waals surface area contributed by atoms with Gasteiger partial charge < -0.3 is 5.73 Å². The van der Waals surface area contributed by atoms with Gasteiger partial charge in [-0.2, -0.15) is 0 Å². The smallest absolute Gasteiger partial charge is 0.154 e. The monoisotopic (exact) mass is 251 g/mol. The number of allylic oxidation sites excluding steroid dienone is 3. The molecule has 0 heterocycles. The van der Waals surface area contributed by atoms with E-state index in [0.29, 0.717) is 5.56 Å². The first-order chi connectivity index (χ1) is 8.61. The molecule has 0 fully saturated rings. The van der Waals surface area contributed by atoms with Crippen molar-refractivity contribution in [2.75, 3.05) is 5.73 Å². The molecule has 0 unspecified atom stereocenters. The number of benzene rings is 1. The van der Waals surface area contributed by atoms with E-state index in [9.17, 15) is 4.39 Å². The molecule has 0 atom stereocenters. The highest BCUT2D eigenvalue weighted by Gasteiger charge is 2.10. The van der Waals surface area contributed by atoms with E-state index >= 15 is 0 Å². The molecule has 0 aromatic heterocycles. The predicted octanol–water partition coefficient (Wildman–Crippen LogP) is 5.36. The predicted molar refractivity (Wildman–Crippen MR) is 82.1 cm³/mol. The molecular weight excluding hydrogens is 225 g/mol. The summed E-state index contributed by atoms with van der Waals surface area (Å²) in [5.41, 5.74) is 7.85. The minimum absolute atomic E-state index is 0.173. The van der Waals surface area contributed by atoms with Gasteiger partial charge in [0.2, 0.25) is 0 Å². The molecule has 0 aliphatic heterocycles. The lowest BCUT2D eigenvalue weighted by molar-refractivity contribution is 0.627. The molecule has 1 aromatic rings. The van der Waals surface area contributed by atoms with Gasteiger partial charge in [-0.1, -0.05) is 52.5 Å². The zero-order chi connectivity index (χ0) is 14.7. The average molecular weight is 251 g/mol. The Balaban J connectivity index is 0. The van der Waals surface area contributed by atoms with Crippen molar-refractivity contribution in [3.05, 3.63) is 47.8 Å². The molecule has 0 aliphatic rings. The fraction of sp³-hybridized carbons (Fsp3) is 0.375. The van der Waals surface area contributed by atoms with Crippen LogP contribution in [0.1, 0.15) is 45.7 Å². The van der Waals surface area contributed by atoms with Crippen LogP contribution in [0.15, 0.2) is 30.9 Å². The Morgan fingerprint density at radius 2 is 1.72 bits per heavy atom. The number of anilines is 1. The zero-order valence-corrected chi connectivity index (χ0v) is 12.5. The summed E-state index contributed by atoms with van der Waals surface area (Å²) < 4.78 is 13.7. The van der Waals surface area contributed by atoms with E-state index in [2.05, 4.69) is 6.58 Å². The summed E-state index contributed by atoms with van der Waals surface area (Å²) in [5.74, 6) is -0.363. The van der Waals surface area contributed by atoms with Crippen LogP contribution in [-0.2, 0) is 0 Å². The maximum absolute atomic E-state index is 13.7. The van der Waals surface area contributed by atoms with Gasteiger partial charge in [-0.05, 0) is 31.1 Å². The second-order valence-electron chi connectivity index (χ2n) is 3.11. The summed E-state index contributed by atoms with van der Waals surface area (Å²) in [6, 6.07) is 3.38. The maximum atomic E-state index is 13.7. The second-order valence-corrected chi connectivity index (χ2v) is 3.11. The van der Waals surface area contributed by atoms with Gasteiger partial charge in [-0.15, -0.1) is 0 Å². The highest BCUT2D eigenvalue weighted by Crippen LogP contribution is 2.26. The van der Waals surface area contributed by atoms with Crippen LogP contribution in [0.25, 0.3) is 5.57 Å². The van der Waals surface area contributed by atoms with E-state index in [1.54, 1.807) is 18.2 Å². The van der Waals surface area contributed by atoms with E-state index in [-0.39, 0.29) is 11.5 Å². The van der Waals surface area contributed by atoms with Crippen LogP contribution in [0.4, 0.5) is 10.1 Å². The lowest BCUT2D eigenvalue weighted by atomic mass is 9.99. The Morgan fingerprint density at radius 1 is 1.22 bits per heavy atom. The molecule has 2 N–H and O–H groups in total. The van der Waals surface area contributed by atoms with Gasteiger partial charge in [0, 0.05) is 5.56 Å². The van der Waals surface area contributed by atoms with E-state index in [0.717, 1.165) is 11.1 Å². The summed E-state index contributed by atoms with van der Waals surface area (Å²) in [5, 5.41) is 0. The molecule has 1 nitrogen and oxygen atoms in total. The largest absolute Gasteiger partial charge is 0.396 e. The number of halogens is 1. The molecule has 1 rings (SSSR count). The van der Waals surface area contributed by atoms with Crippen molar-refractivity contribution < 1.29 is 4.39 Å². The maximum Gasteiger partial charge on any atom is 0.154 e. The van der Waals surface area contributed by atoms with E-state index < -0.39 is 0 Å². The normalized spacial score (nSPS) is 9.61. The molecule has 18 heavy (non-hydrogen) atoms. The van der Waals surface area contributed by atoms with Gasteiger partial charge >= 0.3 is 0 Å². The number of nitrogens with two attached hydrogens (primary N) is 1. The van der Waals surface area contributed by atoms with Gasteiger partial charge in [-0.25, -0.2) is 4.39 Å². The molecule has 0 amide bonds. The molecule has 1 aromatic carbocycles. The molecule has 2 heteroatoms. The first-order valence-corrected chi connectivity index (χ1v) is 6.45. The molecule has 0 spiro atoms. The Bertz CT molecular complexity index is 392. The molecule has 0 radical (unpaired) electrons. The third kappa shape index (κ3) is 4.74. The number of rotatable bonds is 2. The third-order valence-electron chi connectivity index (χ3n) is 2.20. The van der Waals surface area contributed by atoms with Crippen LogP contribution in [0.5, 0.6) is 0 Å². The van der Waals surface area contributed by atoms with Crippen LogP contribution >= 0.6 is 0 Å². The first kappa shape index (κ1) is 18.8. The third-order valence-corrected chi connectivity index (χ3v) is 2.20. The van der Waals surface area contributed by atoms with E-state index in [1.165, 1.54) is 0 Å². The minimum atomic E-state index is -0.363. The molecule has 0 aliphatic carbocycles. The Labute approximate surface area is 111 Å². The van der Waals surface area contributed by atoms with Gasteiger partial charge in [0.1, 0.15) is 0 Å². The summed E-state index contributed by atoms with van der Waals surface area (Å²) in [6.07, 6.45) is 3.45. The quantitative estimate of drug-likeness (QED) is 0.556. The topological polar surface area (TPSA) is 26.0 Å². The van der Waals surface area contributed by atoms with Crippen molar-refractivity contribution >= 4 is 11.3 Å². The number of aryl methyl sites for hydroxylation is 1. The molecule has 0 saturated heterocycles. The highest BCUT2D eigenvalue weighted by atomic mass is 19.1. The standard InChI is InChI=1S/C12H14FN.2C2H6/c1-4-9(5-2)11-8(3)6-7-10(14)12(11)13;2*1-2/h4-7H,1,14H2,2-3H3;2*1-2H3/b9-5+;;. The van der Waals surface area contributed by atoms with Crippen molar-refractivity contribution in [1.29, 1.82) is 0 Å². The first-order valence-electron chi connectivity index (χ1n) is 6.45. The van der Waals surface area contributed by atoms with E-state index in [4.69, 9.17) is 5.73 Å². The number of nitrogen functional groups attached to an aromatic ring is 1. The van der Waals surface area contributed by atoms with Crippen LogP contribution in [0.2, 0.25) is 0 Å². The van der Waals surface area contributed by atoms with Crippen molar-refractivity contribution in [2.45, 2.75) is 41.5 Å². The molecule has 0 saturated carbocycles. The Kier molecular flexibility index (Phi) is 11.0. The SMILES string of the molecule is C=C/C(=C\C)c1c(C)ccc(N)c1F.CC.CC. The van der Waals surface area contributed by atoms with Gasteiger partial charge in [0.25, 0.3) is 0 Å².